The normalized spacial score (nSPS) is 23.3. The van der Waals surface area contributed by atoms with Crippen molar-refractivity contribution < 1.29 is 27.0 Å². The summed E-state index contributed by atoms with van der Waals surface area (Å²) >= 11 is 0. The molecule has 27 heavy (non-hydrogen) atoms. The monoisotopic (exact) mass is 503 g/mol. The summed E-state index contributed by atoms with van der Waals surface area (Å²) in [5, 5.41) is 2.77. The molecule has 2 heterocycles. The zero-order chi connectivity index (χ0) is 18.7. The average Bonchev–Trinajstić information content (AvgIpc) is 3.18. The first-order chi connectivity index (χ1) is 12.5. The van der Waals surface area contributed by atoms with Gasteiger partial charge in [0.05, 0.1) is 12.7 Å². The van der Waals surface area contributed by atoms with Crippen LogP contribution < -0.4 is 5.32 Å². The zero-order valence-electron chi connectivity index (χ0n) is 14.8. The Morgan fingerprint density at radius 1 is 1.15 bits per heavy atom. The van der Waals surface area contributed by atoms with E-state index in [1.807, 2.05) is 4.90 Å². The van der Waals surface area contributed by atoms with Gasteiger partial charge in [-0.1, -0.05) is 0 Å². The van der Waals surface area contributed by atoms with Crippen molar-refractivity contribution in [1.29, 1.82) is 0 Å². The summed E-state index contributed by atoms with van der Waals surface area (Å²) in [5.41, 5.74) is -0.701. The highest BCUT2D eigenvalue weighted by molar-refractivity contribution is 14.0. The van der Waals surface area contributed by atoms with Gasteiger partial charge in [-0.25, -0.2) is 17.6 Å². The molecule has 1 aromatic carbocycles. The third kappa shape index (κ3) is 5.02. The number of guanidine groups is 1. The van der Waals surface area contributed by atoms with Crippen LogP contribution in [0.25, 0.3) is 0 Å². The molecule has 2 aliphatic rings. The van der Waals surface area contributed by atoms with E-state index in [-0.39, 0.29) is 42.3 Å². The number of halogens is 5. The van der Waals surface area contributed by atoms with Crippen molar-refractivity contribution in [2.75, 3.05) is 33.4 Å². The van der Waals surface area contributed by atoms with Gasteiger partial charge in [0.2, 0.25) is 0 Å². The fourth-order valence-electron chi connectivity index (χ4n) is 3.27. The minimum absolute atomic E-state index is 0. The molecule has 0 amide bonds. The Balaban J connectivity index is 0.00000261. The SMILES string of the molecule is CN=C(NCc1c(F)c(F)cc(F)c1F)N1CCOC(C2CCCO2)C1.I. The Hall–Kier alpha value is -1.14. The Labute approximate surface area is 172 Å². The summed E-state index contributed by atoms with van der Waals surface area (Å²) in [6.45, 7) is 1.78. The number of aliphatic imine (C=N–C) groups is 1. The molecule has 0 bridgehead atoms. The maximum Gasteiger partial charge on any atom is 0.194 e. The van der Waals surface area contributed by atoms with E-state index < -0.39 is 35.4 Å². The number of benzene rings is 1. The van der Waals surface area contributed by atoms with Gasteiger partial charge in [-0.05, 0) is 12.8 Å². The second kappa shape index (κ2) is 9.87. The first-order valence-corrected chi connectivity index (χ1v) is 8.52. The van der Waals surface area contributed by atoms with Gasteiger partial charge >= 0.3 is 0 Å². The number of hydrogen-bond acceptors (Lipinski definition) is 3. The largest absolute Gasteiger partial charge is 0.375 e. The number of ether oxygens (including phenoxy) is 2. The average molecular weight is 503 g/mol. The van der Waals surface area contributed by atoms with Gasteiger partial charge in [0.25, 0.3) is 0 Å². The number of nitrogens with zero attached hydrogens (tertiary/aromatic N) is 2. The first-order valence-electron chi connectivity index (χ1n) is 8.52. The maximum absolute atomic E-state index is 13.8. The summed E-state index contributed by atoms with van der Waals surface area (Å²) in [6.07, 6.45) is 1.80. The molecule has 152 valence electrons. The quantitative estimate of drug-likeness (QED) is 0.227. The summed E-state index contributed by atoms with van der Waals surface area (Å²) in [6, 6.07) is 0.192. The maximum atomic E-state index is 13.8. The van der Waals surface area contributed by atoms with Gasteiger partial charge in [-0.15, -0.1) is 24.0 Å². The van der Waals surface area contributed by atoms with Crippen LogP contribution >= 0.6 is 24.0 Å². The van der Waals surface area contributed by atoms with Crippen LogP contribution in [-0.4, -0.2) is 56.4 Å². The number of rotatable bonds is 3. The van der Waals surface area contributed by atoms with Crippen molar-refractivity contribution in [1.82, 2.24) is 10.2 Å². The van der Waals surface area contributed by atoms with Crippen molar-refractivity contribution in [2.45, 2.75) is 31.6 Å². The lowest BCUT2D eigenvalue weighted by Crippen LogP contribution is -2.53. The minimum atomic E-state index is -1.43. The molecule has 0 spiro atoms. The van der Waals surface area contributed by atoms with E-state index in [9.17, 15) is 17.6 Å². The Bertz CT molecular complexity index is 660. The van der Waals surface area contributed by atoms with E-state index in [0.717, 1.165) is 12.8 Å². The fraction of sp³-hybridized carbons (Fsp3) is 0.588. The van der Waals surface area contributed by atoms with E-state index in [1.54, 1.807) is 0 Å². The van der Waals surface area contributed by atoms with E-state index in [2.05, 4.69) is 10.3 Å². The highest BCUT2D eigenvalue weighted by Gasteiger charge is 2.32. The molecule has 0 saturated carbocycles. The van der Waals surface area contributed by atoms with Gasteiger partial charge < -0.3 is 19.7 Å². The van der Waals surface area contributed by atoms with E-state index in [4.69, 9.17) is 9.47 Å². The number of hydrogen-bond donors (Lipinski definition) is 1. The van der Waals surface area contributed by atoms with Crippen LogP contribution in [0.2, 0.25) is 0 Å². The lowest BCUT2D eigenvalue weighted by atomic mass is 10.1. The topological polar surface area (TPSA) is 46.1 Å². The van der Waals surface area contributed by atoms with Crippen LogP contribution in [-0.2, 0) is 16.0 Å². The van der Waals surface area contributed by atoms with Gasteiger partial charge in [0.1, 0.15) is 6.10 Å². The molecule has 2 aliphatic heterocycles. The third-order valence-electron chi connectivity index (χ3n) is 4.61. The Kier molecular flexibility index (Phi) is 8.10. The van der Waals surface area contributed by atoms with E-state index in [0.29, 0.717) is 32.3 Å². The van der Waals surface area contributed by atoms with E-state index in [1.165, 1.54) is 7.05 Å². The summed E-state index contributed by atoms with van der Waals surface area (Å²) in [4.78, 5) is 5.97. The van der Waals surface area contributed by atoms with Gasteiger partial charge in [0, 0.05) is 44.9 Å². The van der Waals surface area contributed by atoms with Crippen LogP contribution in [0, 0.1) is 23.3 Å². The molecule has 5 nitrogen and oxygen atoms in total. The van der Waals surface area contributed by atoms with Crippen molar-refractivity contribution in [3.8, 4) is 0 Å². The highest BCUT2D eigenvalue weighted by Crippen LogP contribution is 2.22. The Morgan fingerprint density at radius 2 is 1.81 bits per heavy atom. The molecule has 10 heteroatoms. The summed E-state index contributed by atoms with van der Waals surface area (Å²) in [7, 11) is 1.53. The number of nitrogens with one attached hydrogen (secondary N) is 1. The predicted octanol–water partition coefficient (Wildman–Crippen LogP) is 2.82. The van der Waals surface area contributed by atoms with Gasteiger partial charge in [0.15, 0.2) is 29.2 Å². The highest BCUT2D eigenvalue weighted by atomic mass is 127. The zero-order valence-corrected chi connectivity index (χ0v) is 17.1. The molecule has 3 rings (SSSR count). The number of morpholine rings is 1. The Morgan fingerprint density at radius 3 is 2.41 bits per heavy atom. The lowest BCUT2D eigenvalue weighted by molar-refractivity contribution is -0.0817. The minimum Gasteiger partial charge on any atom is -0.375 e. The van der Waals surface area contributed by atoms with Crippen LogP contribution in [0.15, 0.2) is 11.1 Å². The molecule has 1 aromatic rings. The predicted molar refractivity (Wildman–Crippen MR) is 102 cm³/mol. The van der Waals surface area contributed by atoms with Gasteiger partial charge in [-0.2, -0.15) is 0 Å². The smallest absolute Gasteiger partial charge is 0.194 e. The van der Waals surface area contributed by atoms with Gasteiger partial charge in [-0.3, -0.25) is 4.99 Å². The molecule has 0 radical (unpaired) electrons. The van der Waals surface area contributed by atoms with Crippen molar-refractivity contribution in [3.05, 3.63) is 34.9 Å². The molecule has 1 N–H and O–H groups in total. The van der Waals surface area contributed by atoms with Crippen LogP contribution in [0.5, 0.6) is 0 Å². The summed E-state index contributed by atoms with van der Waals surface area (Å²) < 4.78 is 65.6. The standard InChI is InChI=1S/C17H21F4N3O2.HI/c1-22-17(23-8-10-15(20)11(18)7-12(19)16(10)21)24-4-6-26-14(9-24)13-3-2-5-25-13;/h7,13-14H,2-6,8-9H2,1H3,(H,22,23);1H. The molecule has 2 saturated heterocycles. The van der Waals surface area contributed by atoms with E-state index >= 15 is 0 Å². The van der Waals surface area contributed by atoms with Crippen LogP contribution in [0.3, 0.4) is 0 Å². The van der Waals surface area contributed by atoms with Crippen molar-refractivity contribution >= 4 is 29.9 Å². The van der Waals surface area contributed by atoms with Crippen LogP contribution in [0.1, 0.15) is 18.4 Å². The molecule has 2 fully saturated rings. The summed E-state index contributed by atoms with van der Waals surface area (Å²) in [5.74, 6) is -5.31. The fourth-order valence-corrected chi connectivity index (χ4v) is 3.27. The first kappa shape index (κ1) is 22.2. The molecule has 2 atom stereocenters. The van der Waals surface area contributed by atoms with Crippen molar-refractivity contribution in [2.24, 2.45) is 4.99 Å². The molecule has 0 aromatic heterocycles. The third-order valence-corrected chi connectivity index (χ3v) is 4.61. The van der Waals surface area contributed by atoms with Crippen molar-refractivity contribution in [3.63, 3.8) is 0 Å². The lowest BCUT2D eigenvalue weighted by Gasteiger charge is -2.37. The molecule has 2 unspecified atom stereocenters. The molecule has 0 aliphatic carbocycles. The molecular formula is C17H22F4IN3O2. The van der Waals surface area contributed by atoms with Crippen LogP contribution in [0.4, 0.5) is 17.6 Å². The second-order valence-corrected chi connectivity index (χ2v) is 6.25. The molecular weight excluding hydrogens is 481 g/mol. The second-order valence-electron chi connectivity index (χ2n) is 6.25.